The highest BCUT2D eigenvalue weighted by molar-refractivity contribution is 6.33. The number of halogens is 1. The number of benzene rings is 1. The Balaban J connectivity index is 0.00000420. The van der Waals surface area contributed by atoms with Crippen LogP contribution in [0.15, 0.2) is 18.2 Å². The first kappa shape index (κ1) is 28.7. The molecule has 0 heterocycles. The summed E-state index contributed by atoms with van der Waals surface area (Å²) in [7, 11) is 0. The Morgan fingerprint density at radius 1 is 1.03 bits per heavy atom. The highest BCUT2D eigenvalue weighted by Gasteiger charge is 2.16. The first-order valence-corrected chi connectivity index (χ1v) is 10.9. The van der Waals surface area contributed by atoms with Gasteiger partial charge < -0.3 is 20.5 Å². The van der Waals surface area contributed by atoms with E-state index in [0.717, 1.165) is 38.8 Å². The van der Waals surface area contributed by atoms with Crippen LogP contribution in [-0.2, 0) is 0 Å². The lowest BCUT2D eigenvalue weighted by atomic mass is 9.91. The van der Waals surface area contributed by atoms with Crippen LogP contribution in [0.5, 0.6) is 5.75 Å². The number of aliphatic hydroxyl groups is 1. The summed E-state index contributed by atoms with van der Waals surface area (Å²) in [5, 5.41) is 15.5. The Hall–Kier alpha value is -1.30. The van der Waals surface area contributed by atoms with Gasteiger partial charge in [-0.15, -0.1) is 0 Å². The van der Waals surface area contributed by atoms with Crippen molar-refractivity contribution in [3.05, 3.63) is 49.6 Å². The van der Waals surface area contributed by atoms with Crippen LogP contribution in [0.2, 0.25) is 5.02 Å². The van der Waals surface area contributed by atoms with E-state index in [1.54, 1.807) is 18.2 Å². The zero-order chi connectivity index (χ0) is 20.0. The van der Waals surface area contributed by atoms with Crippen molar-refractivity contribution in [3.8, 4) is 5.75 Å². The van der Waals surface area contributed by atoms with E-state index >= 15 is 0 Å². The Kier molecular flexibility index (Phi) is 16.6. The summed E-state index contributed by atoms with van der Waals surface area (Å²) in [5.74, 6) is 1.95. The standard InChI is InChI=1S/C22H34ClN2O3.2CH2/c23-21-11-10-19(28-15-7-13-24-12-6-14-26)16-20(21)22(27)25-17-18-8-4-2-1-3-5-9-18;;/h10-11,16,24,26H,1-9,12-15,17H2,(H,25,27);2*1H2. The van der Waals surface area contributed by atoms with Gasteiger partial charge in [-0.05, 0) is 62.9 Å². The lowest BCUT2D eigenvalue weighted by Crippen LogP contribution is -2.29. The molecule has 0 aliphatic heterocycles. The van der Waals surface area contributed by atoms with Gasteiger partial charge in [0.05, 0.1) is 17.2 Å². The molecule has 5 radical (unpaired) electrons. The molecule has 3 N–H and O–H groups in total. The summed E-state index contributed by atoms with van der Waals surface area (Å²) in [6, 6.07) is 5.23. The number of hydrogen-bond acceptors (Lipinski definition) is 4. The SMILES string of the molecule is O=C(NC[C]1CCCCCCC1)c1cc(OCCCNCCCO)ccc1Cl.[CH2].[CH2]. The predicted octanol–water partition coefficient (Wildman–Crippen LogP) is 4.78. The number of hydrogen-bond donors (Lipinski definition) is 3. The largest absolute Gasteiger partial charge is 0.494 e. The monoisotopic (exact) mass is 437 g/mol. The second kappa shape index (κ2) is 17.4. The molecule has 2 rings (SSSR count). The third kappa shape index (κ3) is 11.2. The summed E-state index contributed by atoms with van der Waals surface area (Å²) in [6.45, 7) is 3.05. The zero-order valence-corrected chi connectivity index (χ0v) is 18.9. The second-order valence-corrected chi connectivity index (χ2v) is 7.78. The molecular weight excluding hydrogens is 400 g/mol. The smallest absolute Gasteiger partial charge is 0.252 e. The van der Waals surface area contributed by atoms with Gasteiger partial charge >= 0.3 is 0 Å². The Morgan fingerprint density at radius 2 is 1.70 bits per heavy atom. The van der Waals surface area contributed by atoms with Crippen LogP contribution < -0.4 is 15.4 Å². The fourth-order valence-electron chi connectivity index (χ4n) is 3.37. The molecule has 5 nitrogen and oxygen atoms in total. The summed E-state index contributed by atoms with van der Waals surface area (Å²) < 4.78 is 5.75. The average molecular weight is 438 g/mol. The summed E-state index contributed by atoms with van der Waals surface area (Å²) >= 11 is 6.24. The van der Waals surface area contributed by atoms with Gasteiger partial charge in [-0.2, -0.15) is 0 Å². The van der Waals surface area contributed by atoms with E-state index in [1.165, 1.54) is 38.0 Å². The number of carbonyl (C=O) groups is 1. The molecule has 0 atom stereocenters. The van der Waals surface area contributed by atoms with Crippen molar-refractivity contribution in [2.45, 2.75) is 57.8 Å². The Morgan fingerprint density at radius 3 is 2.40 bits per heavy atom. The van der Waals surface area contributed by atoms with Gasteiger partial charge in [-0.3, -0.25) is 4.79 Å². The molecule has 0 bridgehead atoms. The molecule has 1 aliphatic rings. The highest BCUT2D eigenvalue weighted by atomic mass is 35.5. The molecule has 30 heavy (non-hydrogen) atoms. The fraction of sp³-hybridized carbons (Fsp3) is 0.583. The molecule has 169 valence electrons. The lowest BCUT2D eigenvalue weighted by Gasteiger charge is -2.19. The van der Waals surface area contributed by atoms with E-state index in [-0.39, 0.29) is 27.4 Å². The van der Waals surface area contributed by atoms with Crippen molar-refractivity contribution in [1.29, 1.82) is 0 Å². The van der Waals surface area contributed by atoms with Crippen LogP contribution in [0.4, 0.5) is 0 Å². The zero-order valence-electron chi connectivity index (χ0n) is 18.2. The summed E-state index contributed by atoms with van der Waals surface area (Å²) in [6.07, 6.45) is 10.2. The van der Waals surface area contributed by atoms with Gasteiger partial charge in [0.2, 0.25) is 0 Å². The van der Waals surface area contributed by atoms with E-state index in [1.807, 2.05) is 0 Å². The van der Waals surface area contributed by atoms with Crippen LogP contribution in [0, 0.1) is 20.8 Å². The molecule has 1 amide bonds. The maximum Gasteiger partial charge on any atom is 0.252 e. The molecule has 0 aromatic heterocycles. The van der Waals surface area contributed by atoms with Crippen molar-refractivity contribution in [3.63, 3.8) is 0 Å². The van der Waals surface area contributed by atoms with Gasteiger partial charge in [0.25, 0.3) is 5.91 Å². The quantitative estimate of drug-likeness (QED) is 0.435. The summed E-state index contributed by atoms with van der Waals surface area (Å²) in [4.78, 5) is 12.6. The topological polar surface area (TPSA) is 70.6 Å². The second-order valence-electron chi connectivity index (χ2n) is 7.37. The number of nitrogens with one attached hydrogen (secondary N) is 2. The third-order valence-corrected chi connectivity index (χ3v) is 5.35. The number of carbonyl (C=O) groups excluding carboxylic acids is 1. The van der Waals surface area contributed by atoms with Gasteiger partial charge in [-0.25, -0.2) is 0 Å². The van der Waals surface area contributed by atoms with Crippen molar-refractivity contribution in [2.24, 2.45) is 0 Å². The molecule has 1 saturated carbocycles. The first-order chi connectivity index (χ1) is 13.7. The molecule has 1 fully saturated rings. The number of ether oxygens (including phenoxy) is 1. The van der Waals surface area contributed by atoms with Crippen LogP contribution >= 0.6 is 11.6 Å². The Bertz CT molecular complexity index is 576. The minimum absolute atomic E-state index is 0. The van der Waals surface area contributed by atoms with Gasteiger partial charge in [0.15, 0.2) is 0 Å². The first-order valence-electron chi connectivity index (χ1n) is 10.6. The summed E-state index contributed by atoms with van der Waals surface area (Å²) in [5.41, 5.74) is 0.465. The van der Waals surface area contributed by atoms with Crippen molar-refractivity contribution in [1.82, 2.24) is 10.6 Å². The lowest BCUT2D eigenvalue weighted by molar-refractivity contribution is 0.0953. The minimum Gasteiger partial charge on any atom is -0.494 e. The van der Waals surface area contributed by atoms with Crippen molar-refractivity contribution >= 4 is 17.5 Å². The van der Waals surface area contributed by atoms with Crippen molar-refractivity contribution in [2.75, 3.05) is 32.8 Å². The number of aliphatic hydroxyl groups excluding tert-OH is 1. The minimum atomic E-state index is -0.143. The number of rotatable bonds is 11. The van der Waals surface area contributed by atoms with Gasteiger partial charge in [-0.1, -0.05) is 58.6 Å². The van der Waals surface area contributed by atoms with E-state index in [0.29, 0.717) is 29.5 Å². The van der Waals surface area contributed by atoms with Crippen LogP contribution in [0.1, 0.15) is 68.1 Å². The van der Waals surface area contributed by atoms with E-state index in [4.69, 9.17) is 21.4 Å². The van der Waals surface area contributed by atoms with Gasteiger partial charge in [0, 0.05) is 13.2 Å². The van der Waals surface area contributed by atoms with Gasteiger partial charge in [0.1, 0.15) is 5.75 Å². The molecule has 1 aromatic carbocycles. The highest BCUT2D eigenvalue weighted by Crippen LogP contribution is 2.25. The number of amides is 1. The van der Waals surface area contributed by atoms with E-state index in [2.05, 4.69) is 10.6 Å². The fourth-order valence-corrected chi connectivity index (χ4v) is 3.57. The van der Waals surface area contributed by atoms with Crippen LogP contribution in [0.3, 0.4) is 0 Å². The third-order valence-electron chi connectivity index (χ3n) is 5.02. The molecule has 0 unspecified atom stereocenters. The molecule has 0 spiro atoms. The van der Waals surface area contributed by atoms with E-state index < -0.39 is 0 Å². The molecular formula is C24H38ClN2O3. The predicted molar refractivity (Wildman–Crippen MR) is 125 cm³/mol. The molecule has 6 heteroatoms. The van der Waals surface area contributed by atoms with E-state index in [9.17, 15) is 4.79 Å². The maximum atomic E-state index is 12.6. The van der Waals surface area contributed by atoms with Crippen LogP contribution in [-0.4, -0.2) is 43.9 Å². The van der Waals surface area contributed by atoms with Crippen LogP contribution in [0.25, 0.3) is 0 Å². The average Bonchev–Trinajstić information content (AvgIpc) is 2.67. The molecule has 0 saturated heterocycles. The molecule has 1 aliphatic carbocycles. The normalized spacial score (nSPS) is 14.6. The van der Waals surface area contributed by atoms with Crippen molar-refractivity contribution < 1.29 is 14.6 Å². The molecule has 1 aromatic rings. The Labute approximate surface area is 188 Å². The maximum absolute atomic E-state index is 12.6.